The molecule has 0 rings (SSSR count). The Morgan fingerprint density at radius 2 is 1.07 bits per heavy atom. The Kier molecular flexibility index (Phi) is 6.31. The first-order chi connectivity index (χ1) is 6.71. The molecule has 0 amide bonds. The van der Waals surface area contributed by atoms with Crippen LogP contribution in [-0.2, 0) is 14.2 Å². The fraction of sp³-hybridized carbons (Fsp3) is 1.00. The topological polar surface area (TPSA) is 79.7 Å². The highest BCUT2D eigenvalue weighted by molar-refractivity contribution is 4.56. The molecule has 0 fully saturated rings. The highest BCUT2D eigenvalue weighted by Crippen LogP contribution is 1.99. The van der Waals surface area contributed by atoms with E-state index >= 15 is 0 Å². The molecule has 0 saturated carbocycles. The van der Waals surface area contributed by atoms with Gasteiger partial charge in [-0.25, -0.2) is 0 Å². The van der Waals surface area contributed by atoms with E-state index in [1.807, 2.05) is 0 Å². The van der Waals surface area contributed by atoms with Gasteiger partial charge in [-0.05, 0) is 27.7 Å². The van der Waals surface area contributed by atoms with Crippen molar-refractivity contribution >= 4 is 0 Å². The number of ether oxygens (including phenoxy) is 3. The van der Waals surface area contributed by atoms with Gasteiger partial charge in [0.1, 0.15) is 11.4 Å². The third-order valence-electron chi connectivity index (χ3n) is 1.40. The van der Waals surface area contributed by atoms with Gasteiger partial charge in [0.05, 0.1) is 26.4 Å². The minimum Gasteiger partial charge on any atom is -0.377 e. The fourth-order valence-electron chi connectivity index (χ4n) is 0.829. The lowest BCUT2D eigenvalue weighted by atomic mass is 10.3. The van der Waals surface area contributed by atoms with Gasteiger partial charge in [-0.3, -0.25) is 0 Å². The molecule has 0 aliphatic rings. The summed E-state index contributed by atoms with van der Waals surface area (Å²) < 4.78 is 15.8. The molecule has 0 aliphatic carbocycles. The van der Waals surface area contributed by atoms with Crippen molar-refractivity contribution in [3.05, 3.63) is 0 Å². The first-order valence-corrected chi connectivity index (χ1v) is 5.14. The van der Waals surface area contributed by atoms with Crippen LogP contribution in [0.25, 0.3) is 0 Å². The number of rotatable bonds is 8. The van der Waals surface area contributed by atoms with Crippen LogP contribution >= 0.6 is 0 Å². The molecule has 0 aliphatic heterocycles. The van der Waals surface area contributed by atoms with Crippen LogP contribution in [0, 0.1) is 0 Å². The van der Waals surface area contributed by atoms with Gasteiger partial charge in [-0.15, -0.1) is 0 Å². The Morgan fingerprint density at radius 3 is 1.33 bits per heavy atom. The van der Waals surface area contributed by atoms with Crippen molar-refractivity contribution in [2.75, 3.05) is 26.4 Å². The summed E-state index contributed by atoms with van der Waals surface area (Å²) >= 11 is 0. The van der Waals surface area contributed by atoms with Crippen LogP contribution in [0.4, 0.5) is 0 Å². The second-order valence-corrected chi connectivity index (χ2v) is 4.52. The van der Waals surface area contributed by atoms with E-state index in [4.69, 9.17) is 25.7 Å². The van der Waals surface area contributed by atoms with Gasteiger partial charge in [-0.2, -0.15) is 0 Å². The zero-order valence-electron chi connectivity index (χ0n) is 10.2. The van der Waals surface area contributed by atoms with Gasteiger partial charge in [0.2, 0.25) is 0 Å². The van der Waals surface area contributed by atoms with Crippen molar-refractivity contribution in [3.8, 4) is 0 Å². The fourth-order valence-corrected chi connectivity index (χ4v) is 0.829. The number of hydrogen-bond acceptors (Lipinski definition) is 5. The van der Waals surface area contributed by atoms with Gasteiger partial charge in [0, 0.05) is 0 Å². The maximum atomic E-state index is 5.61. The minimum absolute atomic E-state index is 0.482. The first kappa shape index (κ1) is 14.8. The van der Waals surface area contributed by atoms with E-state index in [2.05, 4.69) is 0 Å². The van der Waals surface area contributed by atoms with Crippen molar-refractivity contribution in [1.29, 1.82) is 0 Å². The van der Waals surface area contributed by atoms with Gasteiger partial charge in [-0.1, -0.05) is 0 Å². The molecule has 15 heavy (non-hydrogen) atoms. The summed E-state index contributed by atoms with van der Waals surface area (Å²) in [5.41, 5.74) is 10.0. The Hall–Kier alpha value is -0.200. The SMILES string of the molecule is CC(C)(N)OCCOCCOC(C)(C)N. The van der Waals surface area contributed by atoms with Crippen LogP contribution in [0.2, 0.25) is 0 Å². The zero-order chi connectivity index (χ0) is 11.9. The van der Waals surface area contributed by atoms with Crippen LogP contribution < -0.4 is 11.5 Å². The van der Waals surface area contributed by atoms with Crippen molar-refractivity contribution in [3.63, 3.8) is 0 Å². The Labute approximate surface area is 92.0 Å². The molecule has 0 heterocycles. The highest BCUT2D eigenvalue weighted by atomic mass is 16.6. The summed E-state index contributed by atoms with van der Waals surface area (Å²) in [7, 11) is 0. The number of hydrogen-bond donors (Lipinski definition) is 2. The first-order valence-electron chi connectivity index (χ1n) is 5.14. The molecular weight excluding hydrogens is 196 g/mol. The van der Waals surface area contributed by atoms with Crippen molar-refractivity contribution in [1.82, 2.24) is 0 Å². The van der Waals surface area contributed by atoms with E-state index < -0.39 is 11.4 Å². The zero-order valence-corrected chi connectivity index (χ0v) is 10.2. The summed E-state index contributed by atoms with van der Waals surface area (Å²) in [5.74, 6) is 0. The largest absolute Gasteiger partial charge is 0.377 e. The molecule has 0 aromatic carbocycles. The van der Waals surface area contributed by atoms with Crippen LogP contribution in [0.5, 0.6) is 0 Å². The van der Waals surface area contributed by atoms with Crippen LogP contribution in [0.15, 0.2) is 0 Å². The van der Waals surface area contributed by atoms with Crippen LogP contribution in [0.3, 0.4) is 0 Å². The molecular formula is C10H24N2O3. The molecule has 0 radical (unpaired) electrons. The van der Waals surface area contributed by atoms with Crippen LogP contribution in [-0.4, -0.2) is 37.9 Å². The smallest absolute Gasteiger partial charge is 0.111 e. The Bertz CT molecular complexity index is 143. The lowest BCUT2D eigenvalue weighted by Crippen LogP contribution is -2.37. The third-order valence-corrected chi connectivity index (χ3v) is 1.40. The predicted molar refractivity (Wildman–Crippen MR) is 59.3 cm³/mol. The summed E-state index contributed by atoms with van der Waals surface area (Å²) in [4.78, 5) is 0. The van der Waals surface area contributed by atoms with E-state index in [0.717, 1.165) is 0 Å². The minimum atomic E-state index is -0.598. The lowest BCUT2D eigenvalue weighted by molar-refractivity contribution is -0.0673. The molecule has 0 saturated heterocycles. The molecule has 0 aromatic heterocycles. The highest BCUT2D eigenvalue weighted by Gasteiger charge is 2.10. The molecule has 0 unspecified atom stereocenters. The summed E-state index contributed by atoms with van der Waals surface area (Å²) in [6, 6.07) is 0. The van der Waals surface area contributed by atoms with Crippen LogP contribution in [0.1, 0.15) is 27.7 Å². The van der Waals surface area contributed by atoms with Gasteiger partial charge < -0.3 is 25.7 Å². The monoisotopic (exact) mass is 220 g/mol. The van der Waals surface area contributed by atoms with Crippen molar-refractivity contribution in [2.24, 2.45) is 11.5 Å². The number of nitrogens with two attached hydrogens (primary N) is 2. The standard InChI is InChI=1S/C10H24N2O3/c1-9(2,11)14-7-5-13-6-8-15-10(3,4)12/h5-8,11-12H2,1-4H3. The molecule has 0 atom stereocenters. The second kappa shape index (κ2) is 6.40. The summed E-state index contributed by atoms with van der Waals surface area (Å²) in [6.45, 7) is 9.18. The predicted octanol–water partition coefficient (Wildman–Crippen LogP) is 0.426. The molecule has 0 aromatic rings. The van der Waals surface area contributed by atoms with Crippen molar-refractivity contribution < 1.29 is 14.2 Å². The van der Waals surface area contributed by atoms with E-state index in [1.54, 1.807) is 27.7 Å². The summed E-state index contributed by atoms with van der Waals surface area (Å²) in [6.07, 6.45) is 0. The van der Waals surface area contributed by atoms with Crippen molar-refractivity contribution in [2.45, 2.75) is 39.1 Å². The van der Waals surface area contributed by atoms with Gasteiger partial charge in [0.25, 0.3) is 0 Å². The molecule has 4 N–H and O–H groups in total. The average Bonchev–Trinajstić information content (AvgIpc) is 1.98. The quantitative estimate of drug-likeness (QED) is 0.458. The Morgan fingerprint density at radius 1 is 0.733 bits per heavy atom. The molecule has 0 spiro atoms. The van der Waals surface area contributed by atoms with E-state index in [-0.39, 0.29) is 0 Å². The maximum absolute atomic E-state index is 5.61. The summed E-state index contributed by atoms with van der Waals surface area (Å²) in [5, 5.41) is 0. The van der Waals surface area contributed by atoms with Gasteiger partial charge in [0.15, 0.2) is 0 Å². The molecule has 0 bridgehead atoms. The average molecular weight is 220 g/mol. The maximum Gasteiger partial charge on any atom is 0.111 e. The normalized spacial score (nSPS) is 13.2. The second-order valence-electron chi connectivity index (χ2n) is 4.52. The third kappa shape index (κ3) is 13.8. The molecule has 5 heteroatoms. The Balaban J connectivity index is 3.20. The molecule has 92 valence electrons. The van der Waals surface area contributed by atoms with E-state index in [9.17, 15) is 0 Å². The van der Waals surface area contributed by atoms with E-state index in [0.29, 0.717) is 26.4 Å². The molecule has 5 nitrogen and oxygen atoms in total. The lowest BCUT2D eigenvalue weighted by Gasteiger charge is -2.20. The van der Waals surface area contributed by atoms with Gasteiger partial charge >= 0.3 is 0 Å². The van der Waals surface area contributed by atoms with E-state index in [1.165, 1.54) is 0 Å².